The van der Waals surface area contributed by atoms with Crippen molar-refractivity contribution in [2.24, 2.45) is 0 Å². The van der Waals surface area contributed by atoms with Crippen LogP contribution in [-0.2, 0) is 4.79 Å². The highest BCUT2D eigenvalue weighted by atomic mass is 16.2. The lowest BCUT2D eigenvalue weighted by atomic mass is 10.3. The molecule has 1 amide bonds. The van der Waals surface area contributed by atoms with E-state index in [2.05, 4.69) is 4.90 Å². The zero-order chi connectivity index (χ0) is 12.1. The van der Waals surface area contributed by atoms with Crippen molar-refractivity contribution in [1.82, 2.24) is 9.80 Å². The SMILES string of the molecule is O=C(CN(CCCCO)C1CC1)N1CCCC1. The van der Waals surface area contributed by atoms with Crippen LogP contribution in [-0.4, -0.2) is 59.6 Å². The Bertz CT molecular complexity index is 248. The Labute approximate surface area is 104 Å². The molecular formula is C13H24N2O2. The largest absolute Gasteiger partial charge is 0.396 e. The zero-order valence-corrected chi connectivity index (χ0v) is 10.6. The average molecular weight is 240 g/mol. The molecule has 2 fully saturated rings. The molecule has 0 spiro atoms. The number of aliphatic hydroxyl groups is 1. The van der Waals surface area contributed by atoms with Gasteiger partial charge in [-0.15, -0.1) is 0 Å². The summed E-state index contributed by atoms with van der Waals surface area (Å²) in [7, 11) is 0. The standard InChI is InChI=1S/C13H24N2O2/c16-10-4-3-9-15(12-5-6-12)11-13(17)14-7-1-2-8-14/h12,16H,1-11H2. The summed E-state index contributed by atoms with van der Waals surface area (Å²) in [5, 5.41) is 8.79. The van der Waals surface area contributed by atoms with Crippen molar-refractivity contribution >= 4 is 5.91 Å². The van der Waals surface area contributed by atoms with Crippen molar-refractivity contribution in [1.29, 1.82) is 0 Å². The topological polar surface area (TPSA) is 43.8 Å². The van der Waals surface area contributed by atoms with E-state index in [-0.39, 0.29) is 6.61 Å². The molecule has 1 saturated heterocycles. The molecular weight excluding hydrogens is 216 g/mol. The average Bonchev–Trinajstić information content (AvgIpc) is 3.02. The number of rotatable bonds is 7. The fourth-order valence-corrected chi connectivity index (χ4v) is 2.50. The summed E-state index contributed by atoms with van der Waals surface area (Å²) >= 11 is 0. The van der Waals surface area contributed by atoms with Crippen molar-refractivity contribution in [2.75, 3.05) is 32.8 Å². The summed E-state index contributed by atoms with van der Waals surface area (Å²) < 4.78 is 0. The molecule has 2 rings (SSSR count). The summed E-state index contributed by atoms with van der Waals surface area (Å²) in [6.07, 6.45) is 6.67. The molecule has 0 aromatic rings. The summed E-state index contributed by atoms with van der Waals surface area (Å²) in [5.74, 6) is 0.304. The van der Waals surface area contributed by atoms with Gasteiger partial charge in [0.15, 0.2) is 0 Å². The van der Waals surface area contributed by atoms with E-state index in [4.69, 9.17) is 5.11 Å². The number of carbonyl (C=O) groups excluding carboxylic acids is 1. The van der Waals surface area contributed by atoms with Gasteiger partial charge in [0, 0.05) is 25.7 Å². The van der Waals surface area contributed by atoms with Gasteiger partial charge in [-0.05, 0) is 45.1 Å². The van der Waals surface area contributed by atoms with Gasteiger partial charge in [-0.25, -0.2) is 0 Å². The predicted octanol–water partition coefficient (Wildman–Crippen LogP) is 0.846. The highest BCUT2D eigenvalue weighted by Crippen LogP contribution is 2.27. The van der Waals surface area contributed by atoms with Gasteiger partial charge in [0.1, 0.15) is 0 Å². The number of aliphatic hydroxyl groups excluding tert-OH is 1. The normalized spacial score (nSPS) is 20.2. The molecule has 0 aromatic heterocycles. The maximum atomic E-state index is 12.1. The van der Waals surface area contributed by atoms with Crippen LogP contribution < -0.4 is 0 Å². The van der Waals surface area contributed by atoms with E-state index >= 15 is 0 Å². The highest BCUT2D eigenvalue weighted by Gasteiger charge is 2.31. The molecule has 1 aliphatic carbocycles. The van der Waals surface area contributed by atoms with E-state index in [0.29, 0.717) is 18.5 Å². The molecule has 98 valence electrons. The molecule has 1 heterocycles. The van der Waals surface area contributed by atoms with Gasteiger partial charge in [0.25, 0.3) is 0 Å². The van der Waals surface area contributed by atoms with Gasteiger partial charge in [0.05, 0.1) is 6.54 Å². The molecule has 1 aliphatic heterocycles. The molecule has 0 unspecified atom stereocenters. The monoisotopic (exact) mass is 240 g/mol. The Morgan fingerprint density at radius 2 is 1.94 bits per heavy atom. The lowest BCUT2D eigenvalue weighted by molar-refractivity contribution is -0.131. The van der Waals surface area contributed by atoms with E-state index in [9.17, 15) is 4.79 Å². The van der Waals surface area contributed by atoms with Crippen molar-refractivity contribution in [3.8, 4) is 0 Å². The molecule has 4 heteroatoms. The fraction of sp³-hybridized carbons (Fsp3) is 0.923. The number of carbonyl (C=O) groups is 1. The molecule has 0 atom stereocenters. The second-order valence-electron chi connectivity index (χ2n) is 5.22. The van der Waals surface area contributed by atoms with Gasteiger partial charge < -0.3 is 10.0 Å². The van der Waals surface area contributed by atoms with Crippen LogP contribution >= 0.6 is 0 Å². The van der Waals surface area contributed by atoms with Crippen LogP contribution in [0.15, 0.2) is 0 Å². The zero-order valence-electron chi connectivity index (χ0n) is 10.6. The molecule has 0 bridgehead atoms. The Balaban J connectivity index is 1.73. The number of hydrogen-bond donors (Lipinski definition) is 1. The van der Waals surface area contributed by atoms with Gasteiger partial charge >= 0.3 is 0 Å². The minimum absolute atomic E-state index is 0.262. The minimum atomic E-state index is 0.262. The molecule has 17 heavy (non-hydrogen) atoms. The van der Waals surface area contributed by atoms with Crippen molar-refractivity contribution < 1.29 is 9.90 Å². The van der Waals surface area contributed by atoms with Crippen molar-refractivity contribution in [2.45, 2.75) is 44.6 Å². The van der Waals surface area contributed by atoms with Crippen molar-refractivity contribution in [3.05, 3.63) is 0 Å². The Morgan fingerprint density at radius 3 is 2.53 bits per heavy atom. The first-order valence-corrected chi connectivity index (χ1v) is 6.94. The van der Waals surface area contributed by atoms with Crippen LogP contribution in [0.1, 0.15) is 38.5 Å². The second-order valence-corrected chi connectivity index (χ2v) is 5.22. The first-order chi connectivity index (χ1) is 8.31. The fourth-order valence-electron chi connectivity index (χ4n) is 2.50. The Morgan fingerprint density at radius 1 is 1.24 bits per heavy atom. The number of likely N-dealkylation sites (tertiary alicyclic amines) is 1. The highest BCUT2D eigenvalue weighted by molar-refractivity contribution is 5.78. The minimum Gasteiger partial charge on any atom is -0.396 e. The van der Waals surface area contributed by atoms with E-state index < -0.39 is 0 Å². The maximum absolute atomic E-state index is 12.1. The van der Waals surface area contributed by atoms with Crippen LogP contribution in [0.2, 0.25) is 0 Å². The van der Waals surface area contributed by atoms with Gasteiger partial charge in [-0.2, -0.15) is 0 Å². The van der Waals surface area contributed by atoms with Crippen LogP contribution in [0.5, 0.6) is 0 Å². The summed E-state index contributed by atoms with van der Waals surface area (Å²) in [4.78, 5) is 16.4. The third kappa shape index (κ3) is 3.96. The van der Waals surface area contributed by atoms with Gasteiger partial charge in [-0.1, -0.05) is 0 Å². The second kappa shape index (κ2) is 6.36. The molecule has 2 aliphatic rings. The third-order valence-corrected chi connectivity index (χ3v) is 3.71. The quantitative estimate of drug-likeness (QED) is 0.671. The summed E-state index contributed by atoms with van der Waals surface area (Å²) in [6, 6.07) is 0.639. The van der Waals surface area contributed by atoms with E-state index in [1.165, 1.54) is 25.7 Å². The van der Waals surface area contributed by atoms with Crippen LogP contribution in [0.25, 0.3) is 0 Å². The van der Waals surface area contributed by atoms with Gasteiger partial charge in [0.2, 0.25) is 5.91 Å². The Hall–Kier alpha value is -0.610. The first-order valence-electron chi connectivity index (χ1n) is 6.94. The number of unbranched alkanes of at least 4 members (excludes halogenated alkanes) is 1. The van der Waals surface area contributed by atoms with E-state index in [0.717, 1.165) is 32.5 Å². The maximum Gasteiger partial charge on any atom is 0.236 e. The molecule has 0 aromatic carbocycles. The lowest BCUT2D eigenvalue weighted by Crippen LogP contribution is -2.40. The third-order valence-electron chi connectivity index (χ3n) is 3.71. The van der Waals surface area contributed by atoms with E-state index in [1.54, 1.807) is 0 Å². The molecule has 1 saturated carbocycles. The van der Waals surface area contributed by atoms with E-state index in [1.807, 2.05) is 4.90 Å². The number of nitrogens with zero attached hydrogens (tertiary/aromatic N) is 2. The summed E-state index contributed by atoms with van der Waals surface area (Å²) in [6.45, 7) is 3.72. The van der Waals surface area contributed by atoms with Crippen molar-refractivity contribution in [3.63, 3.8) is 0 Å². The lowest BCUT2D eigenvalue weighted by Gasteiger charge is -2.24. The molecule has 1 N–H and O–H groups in total. The Kier molecular flexibility index (Phi) is 4.80. The van der Waals surface area contributed by atoms with Crippen LogP contribution in [0, 0.1) is 0 Å². The first kappa shape index (κ1) is 12.8. The number of hydrogen-bond acceptors (Lipinski definition) is 3. The van der Waals surface area contributed by atoms with Crippen LogP contribution in [0.4, 0.5) is 0 Å². The smallest absolute Gasteiger partial charge is 0.236 e. The molecule has 0 radical (unpaired) electrons. The predicted molar refractivity (Wildman–Crippen MR) is 66.7 cm³/mol. The molecule has 4 nitrogen and oxygen atoms in total. The van der Waals surface area contributed by atoms with Crippen LogP contribution in [0.3, 0.4) is 0 Å². The summed E-state index contributed by atoms with van der Waals surface area (Å²) in [5.41, 5.74) is 0. The van der Waals surface area contributed by atoms with Gasteiger partial charge in [-0.3, -0.25) is 9.69 Å². The number of amides is 1.